The van der Waals surface area contributed by atoms with Gasteiger partial charge in [-0.25, -0.2) is 4.98 Å². The number of hydrogen-bond acceptors (Lipinski definition) is 7. The fourth-order valence-corrected chi connectivity index (χ4v) is 3.70. The summed E-state index contributed by atoms with van der Waals surface area (Å²) in [5, 5.41) is 22.8. The van der Waals surface area contributed by atoms with Crippen LogP contribution in [0.1, 0.15) is 40.0 Å². The molecule has 1 aliphatic heterocycles. The smallest absolute Gasteiger partial charge is 0.195 e. The lowest BCUT2D eigenvalue weighted by atomic mass is 10.1. The topological polar surface area (TPSA) is 87.3 Å². The third-order valence-electron chi connectivity index (χ3n) is 4.93. The van der Waals surface area contributed by atoms with Gasteiger partial charge in [0, 0.05) is 42.7 Å². The molecular weight excluding hydrogens is 354 g/mol. The van der Waals surface area contributed by atoms with Crippen molar-refractivity contribution in [2.45, 2.75) is 52.1 Å². The predicted octanol–water partition coefficient (Wildman–Crippen LogP) is 3.52. The molecule has 0 radical (unpaired) electrons. The molecule has 7 nitrogen and oxygen atoms in total. The minimum absolute atomic E-state index is 0.102. The number of hydrogen-bond donors (Lipinski definition) is 2. The molecule has 1 unspecified atom stereocenters. The van der Waals surface area contributed by atoms with E-state index in [1.165, 1.54) is 0 Å². The fraction of sp³-hybridized carbons (Fsp3) is 0.476. The number of aryl methyl sites for hydroxylation is 1. The van der Waals surface area contributed by atoms with Crippen LogP contribution in [0, 0.1) is 0 Å². The number of aromatic hydroxyl groups is 1. The monoisotopic (exact) mass is 381 g/mol. The first kappa shape index (κ1) is 18.7. The van der Waals surface area contributed by atoms with Crippen LogP contribution in [-0.2, 0) is 6.42 Å². The van der Waals surface area contributed by atoms with Crippen molar-refractivity contribution in [3.8, 4) is 17.0 Å². The molecule has 0 aliphatic carbocycles. The highest BCUT2D eigenvalue weighted by molar-refractivity contribution is 5.83. The van der Waals surface area contributed by atoms with Gasteiger partial charge in [0.15, 0.2) is 17.3 Å². The summed E-state index contributed by atoms with van der Waals surface area (Å²) >= 11 is 0. The first-order valence-corrected chi connectivity index (χ1v) is 9.81. The second kappa shape index (κ2) is 7.05. The van der Waals surface area contributed by atoms with E-state index < -0.39 is 0 Å². The van der Waals surface area contributed by atoms with Crippen LogP contribution in [0.25, 0.3) is 22.4 Å². The average Bonchev–Trinajstić information content (AvgIpc) is 3.26. The largest absolute Gasteiger partial charge is 0.507 e. The molecule has 4 rings (SSSR count). The summed E-state index contributed by atoms with van der Waals surface area (Å²) in [7, 11) is 0. The molecule has 1 aromatic carbocycles. The molecule has 0 saturated carbocycles. The van der Waals surface area contributed by atoms with Gasteiger partial charge >= 0.3 is 0 Å². The van der Waals surface area contributed by atoms with E-state index >= 15 is 0 Å². The molecule has 1 aliphatic rings. The van der Waals surface area contributed by atoms with Crippen LogP contribution in [0.5, 0.6) is 5.75 Å². The minimum atomic E-state index is 0.102. The zero-order valence-corrected chi connectivity index (χ0v) is 16.9. The van der Waals surface area contributed by atoms with Crippen LogP contribution in [0.4, 0.5) is 5.82 Å². The Labute approximate surface area is 164 Å². The van der Waals surface area contributed by atoms with Gasteiger partial charge in [0.05, 0.1) is 5.69 Å². The van der Waals surface area contributed by atoms with E-state index in [9.17, 15) is 5.11 Å². The highest BCUT2D eigenvalue weighted by Gasteiger charge is 2.26. The predicted molar refractivity (Wildman–Crippen MR) is 110 cm³/mol. The Balaban J connectivity index is 1.54. The lowest BCUT2D eigenvalue weighted by molar-refractivity contribution is 0.373. The Morgan fingerprint density at radius 2 is 2.07 bits per heavy atom. The number of fused-ring (bicyclic) bond motifs is 1. The molecule has 0 bridgehead atoms. The molecule has 1 saturated heterocycles. The Morgan fingerprint density at radius 1 is 1.25 bits per heavy atom. The molecule has 3 aromatic rings. The van der Waals surface area contributed by atoms with Gasteiger partial charge in [-0.05, 0) is 45.4 Å². The molecule has 1 fully saturated rings. The molecule has 0 spiro atoms. The van der Waals surface area contributed by atoms with E-state index in [2.05, 4.69) is 46.2 Å². The summed E-state index contributed by atoms with van der Waals surface area (Å²) in [5.74, 6) is 1.64. The normalized spacial score (nSPS) is 17.6. The number of benzene rings is 1. The summed E-state index contributed by atoms with van der Waals surface area (Å²) < 4.78 is 5.71. The van der Waals surface area contributed by atoms with E-state index in [1.807, 2.05) is 19.1 Å². The summed E-state index contributed by atoms with van der Waals surface area (Å²) in [6.45, 7) is 10.4. The van der Waals surface area contributed by atoms with Gasteiger partial charge in [0.1, 0.15) is 11.3 Å². The Morgan fingerprint density at radius 3 is 2.75 bits per heavy atom. The summed E-state index contributed by atoms with van der Waals surface area (Å²) in [5.41, 5.74) is 2.61. The molecule has 148 valence electrons. The van der Waals surface area contributed by atoms with Crippen molar-refractivity contribution < 1.29 is 9.52 Å². The van der Waals surface area contributed by atoms with Crippen LogP contribution in [0.2, 0.25) is 0 Å². The van der Waals surface area contributed by atoms with Crippen molar-refractivity contribution in [2.24, 2.45) is 0 Å². The molecule has 7 heteroatoms. The molecule has 3 heterocycles. The molecule has 28 heavy (non-hydrogen) atoms. The molecule has 2 N–H and O–H groups in total. The van der Waals surface area contributed by atoms with Gasteiger partial charge in [-0.2, -0.15) is 0 Å². The quantitative estimate of drug-likeness (QED) is 0.715. The van der Waals surface area contributed by atoms with Crippen LogP contribution in [0.15, 0.2) is 28.7 Å². The number of nitrogens with zero attached hydrogens (tertiary/aromatic N) is 4. The zero-order valence-electron chi connectivity index (χ0n) is 16.9. The minimum Gasteiger partial charge on any atom is -0.507 e. The van der Waals surface area contributed by atoms with Crippen LogP contribution >= 0.6 is 0 Å². The maximum absolute atomic E-state index is 10.4. The molecular formula is C21H27N5O2. The molecule has 1 atom stereocenters. The third kappa shape index (κ3) is 3.80. The zero-order chi connectivity index (χ0) is 19.9. The van der Waals surface area contributed by atoms with E-state index in [1.54, 1.807) is 12.1 Å². The number of rotatable bonds is 4. The van der Waals surface area contributed by atoms with Crippen LogP contribution < -0.4 is 10.2 Å². The molecule has 0 amide bonds. The van der Waals surface area contributed by atoms with Gasteiger partial charge < -0.3 is 19.7 Å². The second-order valence-electron chi connectivity index (χ2n) is 8.40. The fourth-order valence-electron chi connectivity index (χ4n) is 3.70. The van der Waals surface area contributed by atoms with Crippen molar-refractivity contribution >= 4 is 16.9 Å². The Kier molecular flexibility index (Phi) is 4.71. The van der Waals surface area contributed by atoms with Crippen molar-refractivity contribution in [3.05, 3.63) is 30.2 Å². The number of aromatic nitrogens is 3. The van der Waals surface area contributed by atoms with Crippen molar-refractivity contribution in [1.29, 1.82) is 0 Å². The first-order chi connectivity index (χ1) is 13.3. The van der Waals surface area contributed by atoms with Gasteiger partial charge in [0.2, 0.25) is 0 Å². The highest BCUT2D eigenvalue weighted by atomic mass is 16.3. The third-order valence-corrected chi connectivity index (χ3v) is 4.93. The SMILES string of the molecule is CCc1nc2cc(O)c(-c3ccc(N4CCC(NC(C)(C)C)C4)nn3)cc2o1. The lowest BCUT2D eigenvalue weighted by Crippen LogP contribution is -2.45. The highest BCUT2D eigenvalue weighted by Crippen LogP contribution is 2.33. The van der Waals surface area contributed by atoms with E-state index in [0.29, 0.717) is 40.7 Å². The Bertz CT molecular complexity index is 975. The van der Waals surface area contributed by atoms with E-state index in [-0.39, 0.29) is 11.3 Å². The second-order valence-corrected chi connectivity index (χ2v) is 8.40. The van der Waals surface area contributed by atoms with E-state index in [0.717, 1.165) is 25.3 Å². The standard InChI is InChI=1S/C21H27N5O2/c1-5-20-22-16-11-17(27)14(10-18(16)28-20)15-6-7-19(25-24-15)26-9-8-13(12-26)23-21(2,3)4/h6-7,10-11,13,23,27H,5,8-9,12H2,1-4H3. The summed E-state index contributed by atoms with van der Waals surface area (Å²) in [6.07, 6.45) is 1.80. The van der Waals surface area contributed by atoms with Gasteiger partial charge in [-0.3, -0.25) is 0 Å². The number of phenols is 1. The molecule has 2 aromatic heterocycles. The van der Waals surface area contributed by atoms with Crippen molar-refractivity contribution in [1.82, 2.24) is 20.5 Å². The van der Waals surface area contributed by atoms with Crippen LogP contribution in [0.3, 0.4) is 0 Å². The summed E-state index contributed by atoms with van der Waals surface area (Å²) in [6, 6.07) is 7.70. The summed E-state index contributed by atoms with van der Waals surface area (Å²) in [4.78, 5) is 6.59. The van der Waals surface area contributed by atoms with Gasteiger partial charge in [-0.1, -0.05) is 6.92 Å². The van der Waals surface area contributed by atoms with Crippen LogP contribution in [-0.4, -0.2) is 45.0 Å². The van der Waals surface area contributed by atoms with Crippen molar-refractivity contribution in [3.63, 3.8) is 0 Å². The maximum Gasteiger partial charge on any atom is 0.195 e. The Hall–Kier alpha value is -2.67. The lowest BCUT2D eigenvalue weighted by Gasteiger charge is -2.26. The number of anilines is 1. The number of nitrogens with one attached hydrogen (secondary N) is 1. The van der Waals surface area contributed by atoms with Gasteiger partial charge in [0.25, 0.3) is 0 Å². The average molecular weight is 381 g/mol. The number of phenolic OH excluding ortho intramolecular Hbond substituents is 1. The first-order valence-electron chi connectivity index (χ1n) is 9.81. The number of oxazole rings is 1. The van der Waals surface area contributed by atoms with E-state index in [4.69, 9.17) is 4.42 Å². The van der Waals surface area contributed by atoms with Gasteiger partial charge in [-0.15, -0.1) is 10.2 Å². The maximum atomic E-state index is 10.4. The van der Waals surface area contributed by atoms with Crippen molar-refractivity contribution in [2.75, 3.05) is 18.0 Å².